The Hall–Kier alpha value is -0.970. The van der Waals surface area contributed by atoms with Crippen LogP contribution in [0.25, 0.3) is 0 Å². The van der Waals surface area contributed by atoms with Crippen molar-refractivity contribution in [1.29, 1.82) is 0 Å². The SMILES string of the molecule is C=CC1CC(=O)N(C(CCSC)C(=O)O)C1. The van der Waals surface area contributed by atoms with Gasteiger partial charge in [0.25, 0.3) is 0 Å². The van der Waals surface area contributed by atoms with Crippen LogP contribution in [-0.2, 0) is 9.59 Å². The maximum absolute atomic E-state index is 11.7. The minimum Gasteiger partial charge on any atom is -0.480 e. The number of hydrogen-bond donors (Lipinski definition) is 1. The smallest absolute Gasteiger partial charge is 0.326 e. The quantitative estimate of drug-likeness (QED) is 0.713. The highest BCUT2D eigenvalue weighted by atomic mass is 32.2. The fraction of sp³-hybridized carbons (Fsp3) is 0.636. The van der Waals surface area contributed by atoms with E-state index in [-0.39, 0.29) is 11.8 Å². The summed E-state index contributed by atoms with van der Waals surface area (Å²) in [5.41, 5.74) is 0. The summed E-state index contributed by atoms with van der Waals surface area (Å²) in [6.07, 6.45) is 4.56. The van der Waals surface area contributed by atoms with E-state index in [0.29, 0.717) is 19.4 Å². The van der Waals surface area contributed by atoms with Gasteiger partial charge in [-0.2, -0.15) is 11.8 Å². The molecule has 1 N–H and O–H groups in total. The summed E-state index contributed by atoms with van der Waals surface area (Å²) in [7, 11) is 0. The predicted molar refractivity (Wildman–Crippen MR) is 64.4 cm³/mol. The Morgan fingerprint density at radius 3 is 2.94 bits per heavy atom. The van der Waals surface area contributed by atoms with Crippen LogP contribution >= 0.6 is 11.8 Å². The molecule has 0 radical (unpaired) electrons. The first-order valence-electron chi connectivity index (χ1n) is 5.24. The van der Waals surface area contributed by atoms with Crippen molar-refractivity contribution in [3.8, 4) is 0 Å². The number of rotatable bonds is 6. The van der Waals surface area contributed by atoms with Crippen LogP contribution in [0.1, 0.15) is 12.8 Å². The Kier molecular flexibility index (Phi) is 4.86. The van der Waals surface area contributed by atoms with Crippen molar-refractivity contribution in [2.45, 2.75) is 18.9 Å². The normalized spacial score (nSPS) is 22.2. The van der Waals surface area contributed by atoms with Crippen molar-refractivity contribution in [2.75, 3.05) is 18.6 Å². The largest absolute Gasteiger partial charge is 0.480 e. The lowest BCUT2D eigenvalue weighted by Gasteiger charge is -2.24. The van der Waals surface area contributed by atoms with Crippen molar-refractivity contribution in [2.24, 2.45) is 5.92 Å². The summed E-state index contributed by atoms with van der Waals surface area (Å²) in [6.45, 7) is 4.14. The fourth-order valence-electron chi connectivity index (χ4n) is 1.86. The standard InChI is InChI=1S/C11H17NO3S/c1-3-8-6-10(13)12(7-8)9(11(14)15)4-5-16-2/h3,8-9H,1,4-7H2,2H3,(H,14,15). The second-order valence-electron chi connectivity index (χ2n) is 3.88. The number of carbonyl (C=O) groups excluding carboxylic acids is 1. The van der Waals surface area contributed by atoms with E-state index in [0.717, 1.165) is 5.75 Å². The van der Waals surface area contributed by atoms with E-state index >= 15 is 0 Å². The molecule has 90 valence electrons. The van der Waals surface area contributed by atoms with E-state index in [1.165, 1.54) is 4.90 Å². The van der Waals surface area contributed by atoms with Gasteiger partial charge in [0, 0.05) is 18.9 Å². The molecule has 2 unspecified atom stereocenters. The van der Waals surface area contributed by atoms with Crippen molar-refractivity contribution in [3.63, 3.8) is 0 Å². The Bertz CT molecular complexity index is 293. The highest BCUT2D eigenvalue weighted by molar-refractivity contribution is 7.98. The zero-order valence-corrected chi connectivity index (χ0v) is 10.2. The molecular formula is C11H17NO3S. The molecule has 0 saturated carbocycles. The fourth-order valence-corrected chi connectivity index (χ4v) is 2.32. The highest BCUT2D eigenvalue weighted by Gasteiger charge is 2.36. The van der Waals surface area contributed by atoms with Crippen LogP contribution in [0.3, 0.4) is 0 Å². The third-order valence-corrected chi connectivity index (χ3v) is 3.42. The Morgan fingerprint density at radius 2 is 2.50 bits per heavy atom. The van der Waals surface area contributed by atoms with Crippen molar-refractivity contribution in [1.82, 2.24) is 4.90 Å². The van der Waals surface area contributed by atoms with Crippen LogP contribution in [-0.4, -0.2) is 46.5 Å². The van der Waals surface area contributed by atoms with E-state index < -0.39 is 12.0 Å². The van der Waals surface area contributed by atoms with Crippen LogP contribution in [0.2, 0.25) is 0 Å². The van der Waals surface area contributed by atoms with Gasteiger partial charge in [-0.3, -0.25) is 4.79 Å². The molecule has 1 heterocycles. The third kappa shape index (κ3) is 3.01. The molecule has 1 aliphatic heterocycles. The number of carboxylic acid groups (broad SMARTS) is 1. The van der Waals surface area contributed by atoms with E-state index in [1.807, 2.05) is 6.26 Å². The van der Waals surface area contributed by atoms with Crippen LogP contribution in [0.15, 0.2) is 12.7 Å². The van der Waals surface area contributed by atoms with Gasteiger partial charge in [0.1, 0.15) is 6.04 Å². The van der Waals surface area contributed by atoms with E-state index in [2.05, 4.69) is 6.58 Å². The number of likely N-dealkylation sites (tertiary alicyclic amines) is 1. The molecule has 16 heavy (non-hydrogen) atoms. The number of aliphatic carboxylic acids is 1. The van der Waals surface area contributed by atoms with Gasteiger partial charge in [0.2, 0.25) is 5.91 Å². The lowest BCUT2D eigenvalue weighted by molar-refractivity contribution is -0.148. The molecule has 1 saturated heterocycles. The van der Waals surface area contributed by atoms with Crippen molar-refractivity contribution >= 4 is 23.6 Å². The first kappa shape index (κ1) is 13.1. The van der Waals surface area contributed by atoms with E-state index in [9.17, 15) is 9.59 Å². The van der Waals surface area contributed by atoms with Gasteiger partial charge in [-0.25, -0.2) is 4.79 Å². The number of thioether (sulfide) groups is 1. The molecule has 0 bridgehead atoms. The second-order valence-corrected chi connectivity index (χ2v) is 4.87. The molecule has 0 aromatic heterocycles. The first-order chi connectivity index (χ1) is 7.60. The van der Waals surface area contributed by atoms with Crippen LogP contribution < -0.4 is 0 Å². The van der Waals surface area contributed by atoms with Gasteiger partial charge in [-0.1, -0.05) is 6.08 Å². The molecule has 1 aliphatic rings. The molecule has 0 aromatic rings. The van der Waals surface area contributed by atoms with Crippen molar-refractivity contribution in [3.05, 3.63) is 12.7 Å². The number of hydrogen-bond acceptors (Lipinski definition) is 3. The molecule has 0 spiro atoms. The van der Waals surface area contributed by atoms with Crippen LogP contribution in [0, 0.1) is 5.92 Å². The Morgan fingerprint density at radius 1 is 1.81 bits per heavy atom. The summed E-state index contributed by atoms with van der Waals surface area (Å²) >= 11 is 1.59. The average molecular weight is 243 g/mol. The zero-order chi connectivity index (χ0) is 12.1. The van der Waals surface area contributed by atoms with Gasteiger partial charge >= 0.3 is 5.97 Å². The lowest BCUT2D eigenvalue weighted by atomic mass is 10.1. The molecule has 4 nitrogen and oxygen atoms in total. The van der Waals surface area contributed by atoms with E-state index in [1.54, 1.807) is 17.8 Å². The summed E-state index contributed by atoms with van der Waals surface area (Å²) in [6, 6.07) is -0.676. The van der Waals surface area contributed by atoms with Gasteiger partial charge in [-0.05, 0) is 18.4 Å². The lowest BCUT2D eigenvalue weighted by Crippen LogP contribution is -2.42. The topological polar surface area (TPSA) is 57.6 Å². The molecular weight excluding hydrogens is 226 g/mol. The highest BCUT2D eigenvalue weighted by Crippen LogP contribution is 2.22. The summed E-state index contributed by atoms with van der Waals surface area (Å²) in [4.78, 5) is 24.2. The third-order valence-electron chi connectivity index (χ3n) is 2.78. The zero-order valence-electron chi connectivity index (χ0n) is 9.39. The number of carboxylic acids is 1. The number of carbonyl (C=O) groups is 2. The minimum absolute atomic E-state index is 0.0709. The number of amides is 1. The van der Waals surface area contributed by atoms with Crippen LogP contribution in [0.5, 0.6) is 0 Å². The summed E-state index contributed by atoms with van der Waals surface area (Å²) < 4.78 is 0. The summed E-state index contributed by atoms with van der Waals surface area (Å²) in [5, 5.41) is 9.11. The average Bonchev–Trinajstić information content (AvgIpc) is 2.60. The van der Waals surface area contributed by atoms with Gasteiger partial charge in [0.05, 0.1) is 0 Å². The van der Waals surface area contributed by atoms with Gasteiger partial charge < -0.3 is 10.0 Å². The maximum atomic E-state index is 11.7. The Labute approximate surface area is 99.7 Å². The van der Waals surface area contributed by atoms with Gasteiger partial charge in [0.15, 0.2) is 0 Å². The molecule has 2 atom stereocenters. The summed E-state index contributed by atoms with van der Waals surface area (Å²) in [5.74, 6) is -0.131. The van der Waals surface area contributed by atoms with Crippen LogP contribution in [0.4, 0.5) is 0 Å². The minimum atomic E-state index is -0.910. The van der Waals surface area contributed by atoms with Crippen molar-refractivity contribution < 1.29 is 14.7 Å². The van der Waals surface area contributed by atoms with Gasteiger partial charge in [-0.15, -0.1) is 6.58 Å². The number of nitrogens with zero attached hydrogens (tertiary/aromatic N) is 1. The molecule has 0 aromatic carbocycles. The monoisotopic (exact) mass is 243 g/mol. The Balaban J connectivity index is 2.67. The van der Waals surface area contributed by atoms with E-state index in [4.69, 9.17) is 5.11 Å². The molecule has 1 rings (SSSR count). The molecule has 1 amide bonds. The predicted octanol–water partition coefficient (Wildman–Crippen LogP) is 1.23. The second kappa shape index (κ2) is 5.94. The maximum Gasteiger partial charge on any atom is 0.326 e. The first-order valence-corrected chi connectivity index (χ1v) is 6.63. The molecule has 0 aliphatic carbocycles. The molecule has 1 fully saturated rings. The molecule has 5 heteroatoms.